The van der Waals surface area contributed by atoms with Crippen LogP contribution in [0.15, 0.2) is 41.1 Å². The summed E-state index contributed by atoms with van der Waals surface area (Å²) in [6, 6.07) is 8.58. The van der Waals surface area contributed by atoms with Gasteiger partial charge in [-0.2, -0.15) is 11.3 Å². The predicted molar refractivity (Wildman–Crippen MR) is 82.9 cm³/mol. The molecule has 0 bridgehead atoms. The molecule has 0 amide bonds. The third-order valence-corrected chi connectivity index (χ3v) is 4.57. The van der Waals surface area contributed by atoms with Crippen molar-refractivity contribution >= 4 is 44.3 Å². The van der Waals surface area contributed by atoms with Crippen molar-refractivity contribution in [2.45, 2.75) is 5.75 Å². The van der Waals surface area contributed by atoms with E-state index in [9.17, 15) is 8.42 Å². The molecule has 0 aliphatic rings. The van der Waals surface area contributed by atoms with Crippen LogP contribution in [-0.2, 0) is 15.8 Å². The molecule has 0 aliphatic carbocycles. The van der Waals surface area contributed by atoms with Crippen LogP contribution in [0.3, 0.4) is 0 Å². The van der Waals surface area contributed by atoms with Crippen LogP contribution >= 0.6 is 23.6 Å². The van der Waals surface area contributed by atoms with Gasteiger partial charge in [0.1, 0.15) is 4.99 Å². The first-order valence-electron chi connectivity index (χ1n) is 5.38. The summed E-state index contributed by atoms with van der Waals surface area (Å²) in [5.74, 6) is -0.0829. The SMILES string of the molecule is NC(=S)c1ccc(CS(=O)(=O)Nc2ccsc2)cc1. The molecule has 1 aromatic carbocycles. The monoisotopic (exact) mass is 312 g/mol. The van der Waals surface area contributed by atoms with Gasteiger partial charge in [-0.3, -0.25) is 4.72 Å². The maximum atomic E-state index is 11.9. The lowest BCUT2D eigenvalue weighted by atomic mass is 10.1. The number of benzene rings is 1. The molecule has 0 saturated carbocycles. The molecular weight excluding hydrogens is 300 g/mol. The zero-order chi connectivity index (χ0) is 13.9. The molecule has 7 heteroatoms. The molecule has 4 nitrogen and oxygen atoms in total. The molecule has 0 spiro atoms. The minimum absolute atomic E-state index is 0.0829. The van der Waals surface area contributed by atoms with Gasteiger partial charge in [-0.05, 0) is 17.0 Å². The van der Waals surface area contributed by atoms with Gasteiger partial charge in [-0.25, -0.2) is 8.42 Å². The Hall–Kier alpha value is -1.44. The zero-order valence-electron chi connectivity index (χ0n) is 9.87. The molecule has 100 valence electrons. The first kappa shape index (κ1) is 14.0. The Morgan fingerprint density at radius 2 is 1.95 bits per heavy atom. The van der Waals surface area contributed by atoms with Crippen molar-refractivity contribution in [3.05, 3.63) is 52.2 Å². The summed E-state index contributed by atoms with van der Waals surface area (Å²) in [7, 11) is -3.40. The average Bonchev–Trinajstić information content (AvgIpc) is 2.81. The van der Waals surface area contributed by atoms with Crippen LogP contribution < -0.4 is 10.5 Å². The Morgan fingerprint density at radius 1 is 1.26 bits per heavy atom. The summed E-state index contributed by atoms with van der Waals surface area (Å²) in [6.07, 6.45) is 0. The van der Waals surface area contributed by atoms with Crippen molar-refractivity contribution in [3.63, 3.8) is 0 Å². The maximum absolute atomic E-state index is 11.9. The largest absolute Gasteiger partial charge is 0.389 e. The Bertz CT molecular complexity index is 662. The number of hydrogen-bond donors (Lipinski definition) is 2. The van der Waals surface area contributed by atoms with Gasteiger partial charge in [0.05, 0.1) is 11.4 Å². The Balaban J connectivity index is 2.09. The number of sulfonamides is 1. The van der Waals surface area contributed by atoms with Crippen molar-refractivity contribution in [1.29, 1.82) is 0 Å². The van der Waals surface area contributed by atoms with Gasteiger partial charge in [0.25, 0.3) is 0 Å². The lowest BCUT2D eigenvalue weighted by molar-refractivity contribution is 0.600. The number of nitrogens with two attached hydrogens (primary N) is 1. The van der Waals surface area contributed by atoms with E-state index in [1.165, 1.54) is 11.3 Å². The molecule has 2 aromatic rings. The third kappa shape index (κ3) is 4.02. The van der Waals surface area contributed by atoms with Crippen molar-refractivity contribution in [2.24, 2.45) is 5.73 Å². The lowest BCUT2D eigenvalue weighted by Crippen LogP contribution is -2.15. The van der Waals surface area contributed by atoms with Crippen molar-refractivity contribution in [3.8, 4) is 0 Å². The standard InChI is InChI=1S/C12H12N2O2S3/c13-12(17)10-3-1-9(2-4-10)8-19(15,16)14-11-5-6-18-7-11/h1-7,14H,8H2,(H2,13,17). The van der Waals surface area contributed by atoms with Crippen LogP contribution in [0.4, 0.5) is 5.69 Å². The maximum Gasteiger partial charge on any atom is 0.236 e. The average molecular weight is 312 g/mol. The number of anilines is 1. The number of rotatable bonds is 5. The fraction of sp³-hybridized carbons (Fsp3) is 0.0833. The highest BCUT2D eigenvalue weighted by atomic mass is 32.2. The summed E-state index contributed by atoms with van der Waals surface area (Å²) >= 11 is 6.28. The Kier molecular flexibility index (Phi) is 4.18. The van der Waals surface area contributed by atoms with Crippen LogP contribution in [0.25, 0.3) is 0 Å². The molecule has 0 aliphatic heterocycles. The van der Waals surface area contributed by atoms with Crippen LogP contribution in [-0.4, -0.2) is 13.4 Å². The summed E-state index contributed by atoms with van der Waals surface area (Å²) in [6.45, 7) is 0. The molecule has 0 fully saturated rings. The minimum Gasteiger partial charge on any atom is -0.389 e. The second-order valence-corrected chi connectivity index (χ2v) is 6.88. The number of thiocarbonyl (C=S) groups is 1. The molecule has 0 saturated heterocycles. The fourth-order valence-corrected chi connectivity index (χ4v) is 3.51. The number of thiophene rings is 1. The first-order valence-corrected chi connectivity index (χ1v) is 8.38. The van der Waals surface area contributed by atoms with Crippen LogP contribution in [0.1, 0.15) is 11.1 Å². The molecule has 1 aromatic heterocycles. The summed E-state index contributed by atoms with van der Waals surface area (Å²) in [5.41, 5.74) is 7.48. The summed E-state index contributed by atoms with van der Waals surface area (Å²) in [5, 5.41) is 3.56. The van der Waals surface area contributed by atoms with E-state index in [-0.39, 0.29) is 5.75 Å². The second kappa shape index (κ2) is 5.68. The molecule has 2 rings (SSSR count). The van der Waals surface area contributed by atoms with E-state index in [1.54, 1.807) is 35.7 Å². The predicted octanol–water partition coefficient (Wildman–Crippen LogP) is 2.32. The minimum atomic E-state index is -3.40. The van der Waals surface area contributed by atoms with Gasteiger partial charge in [0.2, 0.25) is 10.0 Å². The molecule has 0 unspecified atom stereocenters. The summed E-state index contributed by atoms with van der Waals surface area (Å²) in [4.78, 5) is 0.297. The van der Waals surface area contributed by atoms with E-state index < -0.39 is 10.0 Å². The second-order valence-electron chi connectivity index (χ2n) is 3.93. The van der Waals surface area contributed by atoms with E-state index >= 15 is 0 Å². The highest BCUT2D eigenvalue weighted by Gasteiger charge is 2.12. The smallest absolute Gasteiger partial charge is 0.236 e. The van der Waals surface area contributed by atoms with Crippen LogP contribution in [0.2, 0.25) is 0 Å². The van der Waals surface area contributed by atoms with E-state index in [1.807, 2.05) is 5.38 Å². The highest BCUT2D eigenvalue weighted by molar-refractivity contribution is 7.91. The van der Waals surface area contributed by atoms with Gasteiger partial charge in [-0.1, -0.05) is 36.5 Å². The third-order valence-electron chi connectivity index (χ3n) is 2.39. The molecule has 0 radical (unpaired) electrons. The van der Waals surface area contributed by atoms with E-state index in [4.69, 9.17) is 18.0 Å². The quantitative estimate of drug-likeness (QED) is 0.831. The van der Waals surface area contributed by atoms with Gasteiger partial charge < -0.3 is 5.73 Å². The lowest BCUT2D eigenvalue weighted by Gasteiger charge is -2.07. The van der Waals surface area contributed by atoms with Gasteiger partial charge >= 0.3 is 0 Å². The zero-order valence-corrected chi connectivity index (χ0v) is 12.3. The summed E-state index contributed by atoms with van der Waals surface area (Å²) < 4.78 is 26.4. The van der Waals surface area contributed by atoms with E-state index in [2.05, 4.69) is 4.72 Å². The topological polar surface area (TPSA) is 72.2 Å². The molecule has 19 heavy (non-hydrogen) atoms. The number of hydrogen-bond acceptors (Lipinski definition) is 4. The Labute approximate surface area is 121 Å². The van der Waals surface area contributed by atoms with Gasteiger partial charge in [-0.15, -0.1) is 0 Å². The fourth-order valence-electron chi connectivity index (χ4n) is 1.52. The molecular formula is C12H12N2O2S3. The highest BCUT2D eigenvalue weighted by Crippen LogP contribution is 2.16. The number of nitrogens with one attached hydrogen (secondary N) is 1. The van der Waals surface area contributed by atoms with Crippen molar-refractivity contribution in [2.75, 3.05) is 4.72 Å². The van der Waals surface area contributed by atoms with Crippen molar-refractivity contribution < 1.29 is 8.42 Å². The molecule has 0 atom stereocenters. The van der Waals surface area contributed by atoms with Gasteiger partial charge in [0.15, 0.2) is 0 Å². The first-order chi connectivity index (χ1) is 8.96. The van der Waals surface area contributed by atoms with E-state index in [0.717, 1.165) is 5.56 Å². The van der Waals surface area contributed by atoms with Crippen LogP contribution in [0.5, 0.6) is 0 Å². The normalized spacial score (nSPS) is 11.2. The molecule has 3 N–H and O–H groups in total. The van der Waals surface area contributed by atoms with Crippen LogP contribution in [0, 0.1) is 0 Å². The van der Waals surface area contributed by atoms with Crippen molar-refractivity contribution in [1.82, 2.24) is 0 Å². The Morgan fingerprint density at radius 3 is 2.47 bits per heavy atom. The van der Waals surface area contributed by atoms with Gasteiger partial charge in [0, 0.05) is 10.9 Å². The molecule has 1 heterocycles. The van der Waals surface area contributed by atoms with E-state index in [0.29, 0.717) is 16.2 Å².